The fourth-order valence-electron chi connectivity index (χ4n) is 2.34. The van der Waals surface area contributed by atoms with Crippen molar-refractivity contribution in [3.63, 3.8) is 0 Å². The Labute approximate surface area is 151 Å². The first-order valence-electron chi connectivity index (χ1n) is 8.27. The standard InChI is InChI=1S/C19H19N5O2/c25-18(22-14-15-6-10-20-11-7-15)8-12-21-19(26)17-9-13-24(23-17)16-4-2-1-3-5-16/h1-7,9-11,13H,8,12,14H2,(H,21,26)(H,22,25). The molecule has 2 N–H and O–H groups in total. The molecule has 0 unspecified atom stereocenters. The van der Waals surface area contributed by atoms with Crippen LogP contribution in [0.25, 0.3) is 5.69 Å². The molecule has 0 atom stereocenters. The summed E-state index contributed by atoms with van der Waals surface area (Å²) < 4.78 is 1.64. The molecular formula is C19H19N5O2. The maximum Gasteiger partial charge on any atom is 0.271 e. The van der Waals surface area contributed by atoms with Crippen molar-refractivity contribution in [1.82, 2.24) is 25.4 Å². The highest BCUT2D eigenvalue weighted by atomic mass is 16.2. The highest BCUT2D eigenvalue weighted by Gasteiger charge is 2.10. The number of nitrogens with one attached hydrogen (secondary N) is 2. The number of carbonyl (C=O) groups is 2. The maximum absolute atomic E-state index is 12.1. The predicted molar refractivity (Wildman–Crippen MR) is 96.6 cm³/mol. The average Bonchev–Trinajstić information content (AvgIpc) is 3.18. The number of carbonyl (C=O) groups excluding carboxylic acids is 2. The Morgan fingerprint density at radius 3 is 2.50 bits per heavy atom. The topological polar surface area (TPSA) is 88.9 Å². The van der Waals surface area contributed by atoms with E-state index in [0.29, 0.717) is 12.2 Å². The van der Waals surface area contributed by atoms with Gasteiger partial charge in [0.1, 0.15) is 0 Å². The van der Waals surface area contributed by atoms with Crippen molar-refractivity contribution in [1.29, 1.82) is 0 Å². The molecule has 0 spiro atoms. The van der Waals surface area contributed by atoms with Crippen LogP contribution in [0.3, 0.4) is 0 Å². The number of rotatable bonds is 7. The molecule has 2 heterocycles. The Balaban J connectivity index is 1.43. The maximum atomic E-state index is 12.1. The fourth-order valence-corrected chi connectivity index (χ4v) is 2.34. The highest BCUT2D eigenvalue weighted by molar-refractivity contribution is 5.92. The molecule has 7 nitrogen and oxygen atoms in total. The van der Waals surface area contributed by atoms with Crippen molar-refractivity contribution < 1.29 is 9.59 Å². The van der Waals surface area contributed by atoms with E-state index in [2.05, 4.69) is 20.7 Å². The van der Waals surface area contributed by atoms with Crippen LogP contribution in [0.4, 0.5) is 0 Å². The molecule has 0 fully saturated rings. The molecule has 2 aromatic heterocycles. The van der Waals surface area contributed by atoms with Gasteiger partial charge >= 0.3 is 0 Å². The molecule has 3 rings (SSSR count). The average molecular weight is 349 g/mol. The van der Waals surface area contributed by atoms with E-state index in [-0.39, 0.29) is 24.8 Å². The van der Waals surface area contributed by atoms with Gasteiger partial charge < -0.3 is 10.6 Å². The summed E-state index contributed by atoms with van der Waals surface area (Å²) >= 11 is 0. The molecular weight excluding hydrogens is 330 g/mol. The number of hydrogen-bond acceptors (Lipinski definition) is 4. The number of hydrogen-bond donors (Lipinski definition) is 2. The summed E-state index contributed by atoms with van der Waals surface area (Å²) in [6.07, 6.45) is 5.29. The van der Waals surface area contributed by atoms with E-state index in [1.807, 2.05) is 42.5 Å². The number of nitrogens with zero attached hydrogens (tertiary/aromatic N) is 3. The summed E-state index contributed by atoms with van der Waals surface area (Å²) in [5.74, 6) is -0.432. The molecule has 0 aliphatic rings. The van der Waals surface area contributed by atoms with Crippen LogP contribution in [-0.2, 0) is 11.3 Å². The number of para-hydroxylation sites is 1. The minimum absolute atomic E-state index is 0.128. The highest BCUT2D eigenvalue weighted by Crippen LogP contribution is 2.06. The first kappa shape index (κ1) is 17.3. The van der Waals surface area contributed by atoms with Crippen molar-refractivity contribution in [3.8, 4) is 5.69 Å². The summed E-state index contributed by atoms with van der Waals surface area (Å²) in [7, 11) is 0. The van der Waals surface area contributed by atoms with Gasteiger partial charge in [0.05, 0.1) is 5.69 Å². The van der Waals surface area contributed by atoms with Crippen molar-refractivity contribution >= 4 is 11.8 Å². The lowest BCUT2D eigenvalue weighted by molar-refractivity contribution is -0.121. The molecule has 0 saturated heterocycles. The van der Waals surface area contributed by atoms with Crippen molar-refractivity contribution in [2.24, 2.45) is 0 Å². The molecule has 132 valence electrons. The molecule has 7 heteroatoms. The molecule has 26 heavy (non-hydrogen) atoms. The third-order valence-electron chi connectivity index (χ3n) is 3.72. The van der Waals surface area contributed by atoms with E-state index in [1.54, 1.807) is 29.3 Å². The Morgan fingerprint density at radius 1 is 0.962 bits per heavy atom. The van der Waals surface area contributed by atoms with Gasteiger partial charge in [0, 0.05) is 38.1 Å². The van der Waals surface area contributed by atoms with Gasteiger partial charge in [-0.2, -0.15) is 5.10 Å². The Bertz CT molecular complexity index is 862. The van der Waals surface area contributed by atoms with Crippen molar-refractivity contribution in [2.75, 3.05) is 6.54 Å². The van der Waals surface area contributed by atoms with Gasteiger partial charge in [-0.25, -0.2) is 4.68 Å². The van der Waals surface area contributed by atoms with E-state index in [9.17, 15) is 9.59 Å². The zero-order valence-corrected chi connectivity index (χ0v) is 14.1. The number of aromatic nitrogens is 3. The minimum atomic E-state index is -0.304. The van der Waals surface area contributed by atoms with Crippen LogP contribution in [0.1, 0.15) is 22.5 Å². The van der Waals surface area contributed by atoms with Crippen molar-refractivity contribution in [3.05, 3.63) is 78.4 Å². The molecule has 0 aliphatic carbocycles. The first-order chi connectivity index (χ1) is 12.7. The molecule has 0 saturated carbocycles. The lowest BCUT2D eigenvalue weighted by Crippen LogP contribution is -2.30. The Kier molecular flexibility index (Phi) is 5.72. The summed E-state index contributed by atoms with van der Waals surface area (Å²) in [5.41, 5.74) is 2.16. The molecule has 0 aliphatic heterocycles. The largest absolute Gasteiger partial charge is 0.352 e. The van der Waals surface area contributed by atoms with Crippen LogP contribution in [0, 0.1) is 0 Å². The van der Waals surface area contributed by atoms with Gasteiger partial charge in [0.2, 0.25) is 5.91 Å². The summed E-state index contributed by atoms with van der Waals surface area (Å²) in [4.78, 5) is 27.9. The normalized spacial score (nSPS) is 10.3. The third-order valence-corrected chi connectivity index (χ3v) is 3.72. The van der Waals surface area contributed by atoms with E-state index >= 15 is 0 Å². The Hall–Kier alpha value is -3.48. The molecule has 0 bridgehead atoms. The zero-order chi connectivity index (χ0) is 18.2. The van der Waals surface area contributed by atoms with Gasteiger partial charge in [-0.1, -0.05) is 18.2 Å². The fraction of sp³-hybridized carbons (Fsp3) is 0.158. The van der Waals surface area contributed by atoms with E-state index in [0.717, 1.165) is 11.3 Å². The number of benzene rings is 1. The van der Waals surface area contributed by atoms with Crippen LogP contribution in [0.2, 0.25) is 0 Å². The van der Waals surface area contributed by atoms with Crippen LogP contribution >= 0.6 is 0 Å². The molecule has 0 radical (unpaired) electrons. The second-order valence-electron chi connectivity index (χ2n) is 5.62. The quantitative estimate of drug-likeness (QED) is 0.679. The van der Waals surface area contributed by atoms with E-state index in [1.165, 1.54) is 0 Å². The van der Waals surface area contributed by atoms with Crippen LogP contribution in [0.5, 0.6) is 0 Å². The second-order valence-corrected chi connectivity index (χ2v) is 5.62. The summed E-state index contributed by atoms with van der Waals surface area (Å²) in [6, 6.07) is 14.9. The van der Waals surface area contributed by atoms with Crippen molar-refractivity contribution in [2.45, 2.75) is 13.0 Å². The van der Waals surface area contributed by atoms with E-state index < -0.39 is 0 Å². The first-order valence-corrected chi connectivity index (χ1v) is 8.27. The Morgan fingerprint density at radius 2 is 1.73 bits per heavy atom. The van der Waals surface area contributed by atoms with Gasteiger partial charge in [-0.15, -0.1) is 0 Å². The van der Waals surface area contributed by atoms with Gasteiger partial charge in [-0.05, 0) is 35.9 Å². The lowest BCUT2D eigenvalue weighted by Gasteiger charge is -2.06. The SMILES string of the molecule is O=C(CCNC(=O)c1ccn(-c2ccccc2)n1)NCc1ccncc1. The van der Waals surface area contributed by atoms with Crippen LogP contribution in [0.15, 0.2) is 67.1 Å². The second kappa shape index (κ2) is 8.57. The zero-order valence-electron chi connectivity index (χ0n) is 14.1. The molecule has 1 aromatic carbocycles. The minimum Gasteiger partial charge on any atom is -0.352 e. The van der Waals surface area contributed by atoms with Gasteiger partial charge in [0.15, 0.2) is 5.69 Å². The predicted octanol–water partition coefficient (Wildman–Crippen LogP) is 1.70. The monoisotopic (exact) mass is 349 g/mol. The van der Waals surface area contributed by atoms with Crippen LogP contribution < -0.4 is 10.6 Å². The summed E-state index contributed by atoms with van der Waals surface area (Å²) in [6.45, 7) is 0.690. The number of pyridine rings is 1. The third kappa shape index (κ3) is 4.76. The van der Waals surface area contributed by atoms with Gasteiger partial charge in [0.25, 0.3) is 5.91 Å². The van der Waals surface area contributed by atoms with Crippen LogP contribution in [-0.4, -0.2) is 33.1 Å². The van der Waals surface area contributed by atoms with Gasteiger partial charge in [-0.3, -0.25) is 14.6 Å². The smallest absolute Gasteiger partial charge is 0.271 e. The molecule has 3 aromatic rings. The number of amides is 2. The van der Waals surface area contributed by atoms with E-state index in [4.69, 9.17) is 0 Å². The summed E-state index contributed by atoms with van der Waals surface area (Å²) in [5, 5.41) is 9.76. The molecule has 2 amide bonds. The lowest BCUT2D eigenvalue weighted by atomic mass is 10.2.